The Morgan fingerprint density at radius 1 is 1.03 bits per heavy atom. The van der Waals surface area contributed by atoms with E-state index in [0.29, 0.717) is 29.7 Å². The van der Waals surface area contributed by atoms with Gasteiger partial charge in [0.2, 0.25) is 11.8 Å². The van der Waals surface area contributed by atoms with Crippen molar-refractivity contribution < 1.29 is 18.4 Å². The largest absolute Gasteiger partial charge is 0.441 e. The van der Waals surface area contributed by atoms with Crippen LogP contribution in [0.1, 0.15) is 31.2 Å². The van der Waals surface area contributed by atoms with Gasteiger partial charge in [-0.05, 0) is 42.7 Å². The SMILES string of the molecule is CC(=O)NCCCc1ccc(-c2csc(NC(=O)CCc3ncc(-c4ccc(F)cc4)o3)n2)cc1. The van der Waals surface area contributed by atoms with Crippen molar-refractivity contribution >= 4 is 28.3 Å². The van der Waals surface area contributed by atoms with Gasteiger partial charge in [0.15, 0.2) is 16.8 Å². The van der Waals surface area contributed by atoms with Crippen LogP contribution in [0.3, 0.4) is 0 Å². The van der Waals surface area contributed by atoms with E-state index < -0.39 is 0 Å². The van der Waals surface area contributed by atoms with Crippen molar-refractivity contribution in [1.29, 1.82) is 0 Å². The highest BCUT2D eigenvalue weighted by atomic mass is 32.1. The zero-order chi connectivity index (χ0) is 24.6. The highest BCUT2D eigenvalue weighted by Crippen LogP contribution is 2.26. The minimum Gasteiger partial charge on any atom is -0.441 e. The van der Waals surface area contributed by atoms with Gasteiger partial charge in [0.25, 0.3) is 0 Å². The number of benzene rings is 2. The maximum absolute atomic E-state index is 13.1. The number of nitrogens with one attached hydrogen (secondary N) is 2. The molecule has 0 saturated carbocycles. The van der Waals surface area contributed by atoms with Crippen molar-refractivity contribution in [3.05, 3.63) is 77.4 Å². The quantitative estimate of drug-likeness (QED) is 0.295. The van der Waals surface area contributed by atoms with Gasteiger partial charge >= 0.3 is 0 Å². The summed E-state index contributed by atoms with van der Waals surface area (Å²) in [5.41, 5.74) is 3.69. The molecule has 0 atom stereocenters. The molecule has 0 fully saturated rings. The lowest BCUT2D eigenvalue weighted by molar-refractivity contribution is -0.119. The first kappa shape index (κ1) is 24.3. The number of thiazole rings is 1. The standard InChI is InChI=1S/C26H25FN4O3S/c1-17(32)28-14-2-3-18-4-6-19(7-5-18)22-16-35-26(30-22)31-24(33)12-13-25-29-15-23(34-25)20-8-10-21(27)11-9-20/h4-11,15-16H,2-3,12-14H2,1H3,(H,28,32)(H,30,31,33). The number of carbonyl (C=O) groups excluding carboxylic acids is 2. The van der Waals surface area contributed by atoms with Crippen LogP contribution in [0.2, 0.25) is 0 Å². The number of oxazole rings is 1. The second-order valence-corrected chi connectivity index (χ2v) is 8.85. The number of halogens is 1. The van der Waals surface area contributed by atoms with Crippen molar-refractivity contribution in [1.82, 2.24) is 15.3 Å². The molecule has 180 valence electrons. The van der Waals surface area contributed by atoms with E-state index in [1.54, 1.807) is 18.3 Å². The van der Waals surface area contributed by atoms with E-state index in [9.17, 15) is 14.0 Å². The van der Waals surface area contributed by atoms with E-state index in [2.05, 4.69) is 32.7 Å². The molecule has 0 spiro atoms. The molecule has 0 aliphatic heterocycles. The molecule has 0 aliphatic carbocycles. The Morgan fingerprint density at radius 3 is 2.51 bits per heavy atom. The van der Waals surface area contributed by atoms with Crippen LogP contribution in [0.25, 0.3) is 22.6 Å². The first-order valence-electron chi connectivity index (χ1n) is 11.3. The Balaban J connectivity index is 1.25. The Kier molecular flexibility index (Phi) is 7.99. The fourth-order valence-corrected chi connectivity index (χ4v) is 4.17. The van der Waals surface area contributed by atoms with E-state index in [1.807, 2.05) is 17.5 Å². The van der Waals surface area contributed by atoms with E-state index in [-0.39, 0.29) is 24.1 Å². The molecule has 4 rings (SSSR count). The molecule has 2 aromatic heterocycles. The monoisotopic (exact) mass is 492 g/mol. The van der Waals surface area contributed by atoms with Gasteiger partial charge in [-0.15, -0.1) is 11.3 Å². The van der Waals surface area contributed by atoms with Crippen LogP contribution in [0, 0.1) is 5.82 Å². The molecule has 0 saturated heterocycles. The van der Waals surface area contributed by atoms with Crippen LogP contribution < -0.4 is 10.6 Å². The van der Waals surface area contributed by atoms with E-state index in [0.717, 1.165) is 29.7 Å². The summed E-state index contributed by atoms with van der Waals surface area (Å²) in [6, 6.07) is 14.1. The summed E-state index contributed by atoms with van der Waals surface area (Å²) in [4.78, 5) is 32.0. The summed E-state index contributed by atoms with van der Waals surface area (Å²) < 4.78 is 18.8. The molecular weight excluding hydrogens is 467 g/mol. The molecule has 7 nitrogen and oxygen atoms in total. The van der Waals surface area contributed by atoms with Gasteiger partial charge < -0.3 is 15.1 Å². The number of hydrogen-bond donors (Lipinski definition) is 2. The maximum Gasteiger partial charge on any atom is 0.226 e. The molecule has 2 N–H and O–H groups in total. The molecule has 0 unspecified atom stereocenters. The van der Waals surface area contributed by atoms with Crippen molar-refractivity contribution in [2.24, 2.45) is 0 Å². The predicted molar refractivity (Wildman–Crippen MR) is 133 cm³/mol. The molecular formula is C26H25FN4O3S. The van der Waals surface area contributed by atoms with Crippen LogP contribution in [0.5, 0.6) is 0 Å². The predicted octanol–water partition coefficient (Wildman–Crippen LogP) is 5.24. The summed E-state index contributed by atoms with van der Waals surface area (Å²) in [5, 5.41) is 8.06. The second kappa shape index (κ2) is 11.5. The first-order chi connectivity index (χ1) is 17.0. The number of nitrogens with zero attached hydrogens (tertiary/aromatic N) is 2. The average Bonchev–Trinajstić information content (AvgIpc) is 3.51. The fourth-order valence-electron chi connectivity index (χ4n) is 3.44. The van der Waals surface area contributed by atoms with Crippen molar-refractivity contribution in [3.8, 4) is 22.6 Å². The highest BCUT2D eigenvalue weighted by Gasteiger charge is 2.12. The summed E-state index contributed by atoms with van der Waals surface area (Å²) in [5.74, 6) is 0.463. The zero-order valence-corrected chi connectivity index (χ0v) is 20.0. The topological polar surface area (TPSA) is 97.1 Å². The number of carbonyl (C=O) groups is 2. The Morgan fingerprint density at radius 2 is 1.77 bits per heavy atom. The molecule has 4 aromatic rings. The summed E-state index contributed by atoms with van der Waals surface area (Å²) in [7, 11) is 0. The molecule has 0 bridgehead atoms. The van der Waals surface area contributed by atoms with Gasteiger partial charge in [0.05, 0.1) is 11.9 Å². The number of aryl methyl sites for hydroxylation is 2. The minimum absolute atomic E-state index is 0.0135. The van der Waals surface area contributed by atoms with Crippen molar-refractivity contribution in [2.45, 2.75) is 32.6 Å². The van der Waals surface area contributed by atoms with Crippen LogP contribution in [0.4, 0.5) is 9.52 Å². The van der Waals surface area contributed by atoms with E-state index >= 15 is 0 Å². The van der Waals surface area contributed by atoms with Crippen molar-refractivity contribution in [2.75, 3.05) is 11.9 Å². The van der Waals surface area contributed by atoms with E-state index in [1.165, 1.54) is 36.0 Å². The minimum atomic E-state index is -0.317. The zero-order valence-electron chi connectivity index (χ0n) is 19.2. The maximum atomic E-state index is 13.1. The second-order valence-electron chi connectivity index (χ2n) is 7.99. The summed E-state index contributed by atoms with van der Waals surface area (Å²) in [6.45, 7) is 2.18. The molecule has 0 radical (unpaired) electrons. The lowest BCUT2D eigenvalue weighted by atomic mass is 10.1. The van der Waals surface area contributed by atoms with Crippen LogP contribution in [-0.2, 0) is 22.4 Å². The van der Waals surface area contributed by atoms with Gasteiger partial charge in [-0.3, -0.25) is 9.59 Å². The van der Waals surface area contributed by atoms with Gasteiger partial charge in [-0.25, -0.2) is 14.4 Å². The normalized spacial score (nSPS) is 10.8. The number of aromatic nitrogens is 2. The average molecular weight is 493 g/mol. The summed E-state index contributed by atoms with van der Waals surface area (Å²) >= 11 is 1.37. The van der Waals surface area contributed by atoms with Crippen molar-refractivity contribution in [3.63, 3.8) is 0 Å². The van der Waals surface area contributed by atoms with Crippen LogP contribution >= 0.6 is 11.3 Å². The Labute approximate surface area is 206 Å². The van der Waals surface area contributed by atoms with Gasteiger partial charge in [-0.1, -0.05) is 24.3 Å². The van der Waals surface area contributed by atoms with E-state index in [4.69, 9.17) is 4.42 Å². The third-order valence-corrected chi connectivity index (χ3v) is 6.02. The third-order valence-electron chi connectivity index (χ3n) is 5.26. The first-order valence-corrected chi connectivity index (χ1v) is 12.1. The smallest absolute Gasteiger partial charge is 0.226 e. The van der Waals surface area contributed by atoms with Gasteiger partial charge in [0.1, 0.15) is 5.82 Å². The highest BCUT2D eigenvalue weighted by molar-refractivity contribution is 7.14. The molecule has 35 heavy (non-hydrogen) atoms. The van der Waals surface area contributed by atoms with Gasteiger partial charge in [0, 0.05) is 42.8 Å². The summed E-state index contributed by atoms with van der Waals surface area (Å²) in [6.07, 6.45) is 3.88. The Hall–Kier alpha value is -3.85. The molecule has 2 heterocycles. The number of hydrogen-bond acceptors (Lipinski definition) is 6. The molecule has 9 heteroatoms. The molecule has 2 aromatic carbocycles. The number of anilines is 1. The number of amides is 2. The lowest BCUT2D eigenvalue weighted by Gasteiger charge is -2.04. The molecule has 2 amide bonds. The molecule has 0 aliphatic rings. The Bertz CT molecular complexity index is 1280. The van der Waals surface area contributed by atoms with Crippen LogP contribution in [-0.4, -0.2) is 28.3 Å². The van der Waals surface area contributed by atoms with Gasteiger partial charge in [-0.2, -0.15) is 0 Å². The fraction of sp³-hybridized carbons (Fsp3) is 0.231. The lowest BCUT2D eigenvalue weighted by Crippen LogP contribution is -2.21. The van der Waals surface area contributed by atoms with Crippen LogP contribution in [0.15, 0.2) is 64.5 Å². The number of rotatable bonds is 10. The third kappa shape index (κ3) is 7.07.